The molecule has 5 heteroatoms. The molecule has 0 saturated heterocycles. The van der Waals surface area contributed by atoms with Gasteiger partial charge in [-0.2, -0.15) is 4.39 Å². The molecule has 3 aromatic rings. The Morgan fingerprint density at radius 3 is 1.84 bits per heavy atom. The van der Waals surface area contributed by atoms with Crippen LogP contribution in [0, 0.1) is 41.0 Å². The summed E-state index contributed by atoms with van der Waals surface area (Å²) in [6.07, 6.45) is 16.7. The summed E-state index contributed by atoms with van der Waals surface area (Å²) in [5.41, 5.74) is 2.39. The first-order valence-corrected chi connectivity index (χ1v) is 16.8. The summed E-state index contributed by atoms with van der Waals surface area (Å²) in [6.45, 7) is 4.71. The van der Waals surface area contributed by atoms with Gasteiger partial charge in [0.2, 0.25) is 5.82 Å². The lowest BCUT2D eigenvalue weighted by atomic mass is 9.70. The molecule has 1 atom stereocenters. The molecule has 236 valence electrons. The first-order chi connectivity index (χ1) is 21.4. The van der Waals surface area contributed by atoms with E-state index in [1.165, 1.54) is 50.7 Å². The maximum absolute atomic E-state index is 15.4. The van der Waals surface area contributed by atoms with Gasteiger partial charge in [-0.05, 0) is 85.1 Å². The smallest absolute Gasteiger partial charge is 0.201 e. The molecular formula is C39H46F4O. The molecular weight excluding hydrogens is 560 g/mol. The van der Waals surface area contributed by atoms with Crippen LogP contribution < -0.4 is 4.74 Å². The molecule has 2 aliphatic carbocycles. The SMILES string of the molecule is CCCCCCOc1ccc(-c2ccc(-c3ccc(C4=CCC(C5CCC(CCC)CC5)CC4)c(F)c3F)cc2)c(F)c1F. The Morgan fingerprint density at radius 1 is 0.614 bits per heavy atom. The van der Waals surface area contributed by atoms with Crippen LogP contribution in [-0.4, -0.2) is 6.61 Å². The highest BCUT2D eigenvalue weighted by atomic mass is 19.2. The zero-order valence-corrected chi connectivity index (χ0v) is 26.2. The number of unbranched alkanes of at least 4 members (excludes halogenated alkanes) is 3. The molecule has 0 aliphatic heterocycles. The number of rotatable bonds is 12. The van der Waals surface area contributed by atoms with E-state index in [1.807, 2.05) is 0 Å². The third-order valence-electron chi connectivity index (χ3n) is 9.94. The fourth-order valence-electron chi connectivity index (χ4n) is 7.31. The molecule has 0 radical (unpaired) electrons. The van der Waals surface area contributed by atoms with Crippen molar-refractivity contribution >= 4 is 5.57 Å². The Hall–Kier alpha value is -3.08. The number of benzene rings is 3. The van der Waals surface area contributed by atoms with Gasteiger partial charge in [-0.25, -0.2) is 13.2 Å². The fraction of sp³-hybridized carbons (Fsp3) is 0.487. The summed E-state index contributed by atoms with van der Waals surface area (Å²) < 4.78 is 65.9. The number of hydrogen-bond acceptors (Lipinski definition) is 1. The average molecular weight is 607 g/mol. The van der Waals surface area contributed by atoms with Crippen molar-refractivity contribution < 1.29 is 22.3 Å². The number of allylic oxidation sites excluding steroid dienone is 2. The minimum absolute atomic E-state index is 0.0888. The van der Waals surface area contributed by atoms with Crippen molar-refractivity contribution in [1.29, 1.82) is 0 Å². The van der Waals surface area contributed by atoms with Gasteiger partial charge in [-0.15, -0.1) is 0 Å². The predicted molar refractivity (Wildman–Crippen MR) is 172 cm³/mol. The fourth-order valence-corrected chi connectivity index (χ4v) is 7.31. The zero-order chi connectivity index (χ0) is 31.1. The molecule has 2 aliphatic rings. The second kappa shape index (κ2) is 15.3. The first kappa shape index (κ1) is 32.3. The van der Waals surface area contributed by atoms with Crippen molar-refractivity contribution in [3.05, 3.63) is 83.4 Å². The van der Waals surface area contributed by atoms with Crippen LogP contribution in [-0.2, 0) is 0 Å². The van der Waals surface area contributed by atoms with Crippen molar-refractivity contribution in [2.75, 3.05) is 6.61 Å². The van der Waals surface area contributed by atoms with E-state index in [2.05, 4.69) is 19.9 Å². The van der Waals surface area contributed by atoms with Gasteiger partial charge in [0, 0.05) is 16.7 Å². The second-order valence-corrected chi connectivity index (χ2v) is 12.8. The lowest BCUT2D eigenvalue weighted by Gasteiger charge is -2.35. The summed E-state index contributed by atoms with van der Waals surface area (Å²) in [5, 5.41) is 0. The van der Waals surface area contributed by atoms with Crippen LogP contribution in [0.3, 0.4) is 0 Å². The van der Waals surface area contributed by atoms with Gasteiger partial charge in [0.05, 0.1) is 6.61 Å². The predicted octanol–water partition coefficient (Wildman–Crippen LogP) is 12.3. The normalized spacial score (nSPS) is 20.4. The quantitative estimate of drug-likeness (QED) is 0.147. The van der Waals surface area contributed by atoms with Gasteiger partial charge in [-0.3, -0.25) is 0 Å². The minimum Gasteiger partial charge on any atom is -0.490 e. The van der Waals surface area contributed by atoms with Gasteiger partial charge in [0.15, 0.2) is 23.2 Å². The van der Waals surface area contributed by atoms with Crippen LogP contribution in [0.5, 0.6) is 5.75 Å². The van der Waals surface area contributed by atoms with Crippen molar-refractivity contribution in [2.24, 2.45) is 17.8 Å². The Labute approximate surface area is 260 Å². The molecule has 0 N–H and O–H groups in total. The summed E-state index contributed by atoms with van der Waals surface area (Å²) >= 11 is 0. The van der Waals surface area contributed by atoms with Crippen molar-refractivity contribution in [3.8, 4) is 28.0 Å². The Kier molecular flexibility index (Phi) is 11.2. The summed E-state index contributed by atoms with van der Waals surface area (Å²) in [5.74, 6) is -1.53. The van der Waals surface area contributed by atoms with E-state index in [1.54, 1.807) is 36.4 Å². The second-order valence-electron chi connectivity index (χ2n) is 12.8. The summed E-state index contributed by atoms with van der Waals surface area (Å²) in [7, 11) is 0. The van der Waals surface area contributed by atoms with E-state index in [4.69, 9.17) is 4.74 Å². The van der Waals surface area contributed by atoms with Crippen molar-refractivity contribution in [3.63, 3.8) is 0 Å². The summed E-state index contributed by atoms with van der Waals surface area (Å²) in [6, 6.07) is 12.7. The lowest BCUT2D eigenvalue weighted by Crippen LogP contribution is -2.23. The number of halogens is 4. The van der Waals surface area contributed by atoms with Gasteiger partial charge in [0.25, 0.3) is 0 Å². The molecule has 0 bridgehead atoms. The molecule has 5 rings (SSSR count). The minimum atomic E-state index is -1.02. The molecule has 0 heterocycles. The van der Waals surface area contributed by atoms with Crippen LogP contribution in [0.2, 0.25) is 0 Å². The van der Waals surface area contributed by atoms with Gasteiger partial charge in [0.1, 0.15) is 0 Å². The van der Waals surface area contributed by atoms with Gasteiger partial charge in [-0.1, -0.05) is 101 Å². The Morgan fingerprint density at radius 2 is 1.23 bits per heavy atom. The maximum atomic E-state index is 15.4. The molecule has 1 fully saturated rings. The monoisotopic (exact) mass is 606 g/mol. The van der Waals surface area contributed by atoms with Crippen LogP contribution in [0.15, 0.2) is 54.6 Å². The van der Waals surface area contributed by atoms with Crippen LogP contribution in [0.25, 0.3) is 27.8 Å². The lowest BCUT2D eigenvalue weighted by molar-refractivity contribution is 0.189. The largest absolute Gasteiger partial charge is 0.490 e. The first-order valence-electron chi connectivity index (χ1n) is 16.8. The van der Waals surface area contributed by atoms with Crippen LogP contribution in [0.1, 0.15) is 103 Å². The van der Waals surface area contributed by atoms with E-state index >= 15 is 8.78 Å². The van der Waals surface area contributed by atoms with E-state index in [9.17, 15) is 8.78 Å². The van der Waals surface area contributed by atoms with Crippen molar-refractivity contribution in [2.45, 2.75) is 97.3 Å². The molecule has 1 saturated carbocycles. The standard InChI is InChI=1S/C39H46F4O/c1-3-5-6-7-25-44-35-24-23-34(38(42)39(35)43)31-19-17-30(18-20-31)33-22-21-32(36(40)37(33)41)29-15-13-28(14-16-29)27-11-9-26(8-4-2)10-12-27/h15,17-24,26-28H,3-14,16,25H2,1-2H3. The van der Waals surface area contributed by atoms with Crippen molar-refractivity contribution in [1.82, 2.24) is 0 Å². The number of ether oxygens (including phenoxy) is 1. The van der Waals surface area contributed by atoms with Crippen LogP contribution >= 0.6 is 0 Å². The van der Waals surface area contributed by atoms with Gasteiger partial charge >= 0.3 is 0 Å². The molecule has 0 amide bonds. The third kappa shape index (κ3) is 7.41. The Balaban J connectivity index is 1.24. The molecule has 3 aromatic carbocycles. The highest BCUT2D eigenvalue weighted by Crippen LogP contribution is 2.43. The molecule has 44 heavy (non-hydrogen) atoms. The van der Waals surface area contributed by atoms with E-state index in [0.29, 0.717) is 29.2 Å². The van der Waals surface area contributed by atoms with E-state index in [-0.39, 0.29) is 16.9 Å². The topological polar surface area (TPSA) is 9.23 Å². The molecule has 1 nitrogen and oxygen atoms in total. The molecule has 0 aromatic heterocycles. The Bertz CT molecular complexity index is 1420. The molecule has 0 spiro atoms. The zero-order valence-electron chi connectivity index (χ0n) is 26.2. The highest BCUT2D eigenvalue weighted by molar-refractivity contribution is 5.74. The maximum Gasteiger partial charge on any atom is 0.201 e. The number of hydrogen-bond donors (Lipinski definition) is 0. The van der Waals surface area contributed by atoms with E-state index < -0.39 is 23.3 Å². The summed E-state index contributed by atoms with van der Waals surface area (Å²) in [4.78, 5) is 0. The average Bonchev–Trinajstić information content (AvgIpc) is 3.05. The third-order valence-corrected chi connectivity index (χ3v) is 9.94. The van der Waals surface area contributed by atoms with Crippen LogP contribution in [0.4, 0.5) is 17.6 Å². The molecule has 1 unspecified atom stereocenters. The highest BCUT2D eigenvalue weighted by Gasteiger charge is 2.29. The van der Waals surface area contributed by atoms with E-state index in [0.717, 1.165) is 62.4 Å². The van der Waals surface area contributed by atoms with Gasteiger partial charge < -0.3 is 4.74 Å².